The number of aryl methyl sites for hydroxylation is 1. The van der Waals surface area contributed by atoms with Crippen molar-refractivity contribution in [2.75, 3.05) is 0 Å². The van der Waals surface area contributed by atoms with Gasteiger partial charge in [-0.2, -0.15) is 8.42 Å². The highest BCUT2D eigenvalue weighted by atomic mass is 32.2. The molecule has 0 saturated heterocycles. The summed E-state index contributed by atoms with van der Waals surface area (Å²) >= 11 is 0. The quantitative estimate of drug-likeness (QED) is 0.758. The van der Waals surface area contributed by atoms with Crippen LogP contribution in [0.25, 0.3) is 0 Å². The molecule has 0 radical (unpaired) electrons. The van der Waals surface area contributed by atoms with E-state index in [1.165, 1.54) is 37.8 Å². The number of rotatable bonds is 2. The van der Waals surface area contributed by atoms with Crippen molar-refractivity contribution in [1.29, 1.82) is 0 Å². The van der Waals surface area contributed by atoms with Gasteiger partial charge in [0.2, 0.25) is 0 Å². The molecule has 3 nitrogen and oxygen atoms in total. The van der Waals surface area contributed by atoms with E-state index in [2.05, 4.69) is 37.3 Å². The average molecular weight is 346 g/mol. The molecule has 4 heteroatoms. The molecule has 2 aromatic rings. The Morgan fingerprint density at radius 2 is 1.42 bits per heavy atom. The first-order chi connectivity index (χ1) is 11.4. The standard InChI is InChI=1S/C13H18.C7H8O3S/c1-11-7-9-13(10-8-11)12-5-3-2-4-6-12;1-6-2-4-7(5-3-6)11(8,9)10/h2-6,11,13H,7-10H2,1H3;2-5H,1H3,(H,8,9,10)/t11-,13-;. The highest BCUT2D eigenvalue weighted by molar-refractivity contribution is 7.85. The van der Waals surface area contributed by atoms with E-state index in [9.17, 15) is 8.42 Å². The van der Waals surface area contributed by atoms with Gasteiger partial charge < -0.3 is 0 Å². The van der Waals surface area contributed by atoms with Crippen LogP contribution in [0.2, 0.25) is 0 Å². The lowest BCUT2D eigenvalue weighted by atomic mass is 9.79. The molecule has 3 rings (SSSR count). The fourth-order valence-electron chi connectivity index (χ4n) is 3.03. The Morgan fingerprint density at radius 1 is 0.875 bits per heavy atom. The van der Waals surface area contributed by atoms with E-state index in [0.717, 1.165) is 17.4 Å². The largest absolute Gasteiger partial charge is 0.294 e. The zero-order chi connectivity index (χ0) is 17.6. The summed E-state index contributed by atoms with van der Waals surface area (Å²) in [4.78, 5) is -0.0666. The molecular formula is C20H26O3S. The molecule has 0 bridgehead atoms. The first kappa shape index (κ1) is 18.7. The van der Waals surface area contributed by atoms with Crippen molar-refractivity contribution in [3.8, 4) is 0 Å². The maximum atomic E-state index is 10.5. The maximum Gasteiger partial charge on any atom is 0.294 e. The first-order valence-electron chi connectivity index (χ1n) is 8.45. The van der Waals surface area contributed by atoms with Gasteiger partial charge in [0.1, 0.15) is 0 Å². The van der Waals surface area contributed by atoms with Gasteiger partial charge in [-0.05, 0) is 49.3 Å². The van der Waals surface area contributed by atoms with Crippen LogP contribution in [0.4, 0.5) is 0 Å². The van der Waals surface area contributed by atoms with Gasteiger partial charge in [-0.15, -0.1) is 0 Å². The second-order valence-electron chi connectivity index (χ2n) is 6.66. The summed E-state index contributed by atoms with van der Waals surface area (Å²) in [6.45, 7) is 4.22. The fourth-order valence-corrected chi connectivity index (χ4v) is 3.51. The van der Waals surface area contributed by atoms with Crippen LogP contribution >= 0.6 is 0 Å². The minimum absolute atomic E-state index is 0.0666. The summed E-state index contributed by atoms with van der Waals surface area (Å²) in [5, 5.41) is 0. The van der Waals surface area contributed by atoms with E-state index in [1.54, 1.807) is 17.7 Å². The van der Waals surface area contributed by atoms with Crippen molar-refractivity contribution in [2.24, 2.45) is 5.92 Å². The van der Waals surface area contributed by atoms with Crippen molar-refractivity contribution in [3.05, 3.63) is 65.7 Å². The summed E-state index contributed by atoms with van der Waals surface area (Å²) in [5.41, 5.74) is 2.51. The van der Waals surface area contributed by atoms with Crippen LogP contribution in [0.3, 0.4) is 0 Å². The van der Waals surface area contributed by atoms with Crippen LogP contribution < -0.4 is 0 Å². The Bertz CT molecular complexity index is 713. The van der Waals surface area contributed by atoms with E-state index < -0.39 is 10.1 Å². The third kappa shape index (κ3) is 5.77. The molecule has 0 aromatic heterocycles. The van der Waals surface area contributed by atoms with Crippen molar-refractivity contribution in [1.82, 2.24) is 0 Å². The Hall–Kier alpha value is -1.65. The highest BCUT2D eigenvalue weighted by Crippen LogP contribution is 2.35. The fraction of sp³-hybridized carbons (Fsp3) is 0.400. The lowest BCUT2D eigenvalue weighted by Crippen LogP contribution is -2.10. The molecule has 0 atom stereocenters. The summed E-state index contributed by atoms with van der Waals surface area (Å²) in [7, 11) is -4.02. The third-order valence-electron chi connectivity index (χ3n) is 4.61. The summed E-state index contributed by atoms with van der Waals surface area (Å²) in [6.07, 6.45) is 5.62. The van der Waals surface area contributed by atoms with E-state index in [0.29, 0.717) is 0 Å². The first-order valence-corrected chi connectivity index (χ1v) is 9.89. The monoisotopic (exact) mass is 346 g/mol. The minimum atomic E-state index is -4.02. The van der Waals surface area contributed by atoms with E-state index >= 15 is 0 Å². The topological polar surface area (TPSA) is 54.4 Å². The molecule has 0 aliphatic heterocycles. The average Bonchev–Trinajstić information content (AvgIpc) is 2.56. The molecule has 130 valence electrons. The number of hydrogen-bond donors (Lipinski definition) is 1. The molecule has 2 aromatic carbocycles. The van der Waals surface area contributed by atoms with Crippen LogP contribution in [-0.4, -0.2) is 13.0 Å². The number of benzene rings is 2. The Balaban J connectivity index is 0.000000177. The zero-order valence-corrected chi connectivity index (χ0v) is 15.2. The van der Waals surface area contributed by atoms with Crippen molar-refractivity contribution in [3.63, 3.8) is 0 Å². The lowest BCUT2D eigenvalue weighted by Gasteiger charge is -2.26. The van der Waals surface area contributed by atoms with Crippen molar-refractivity contribution >= 4 is 10.1 Å². The van der Waals surface area contributed by atoms with Gasteiger partial charge in [0.25, 0.3) is 10.1 Å². The second kappa shape index (κ2) is 8.45. The van der Waals surface area contributed by atoms with E-state index in [4.69, 9.17) is 4.55 Å². The Kier molecular flexibility index (Phi) is 6.58. The van der Waals surface area contributed by atoms with Gasteiger partial charge in [0.15, 0.2) is 0 Å². The van der Waals surface area contributed by atoms with Crippen molar-refractivity contribution in [2.45, 2.75) is 50.3 Å². The van der Waals surface area contributed by atoms with Gasteiger partial charge in [-0.1, -0.05) is 67.8 Å². The minimum Gasteiger partial charge on any atom is -0.282 e. The summed E-state index contributed by atoms with van der Waals surface area (Å²) < 4.78 is 29.6. The van der Waals surface area contributed by atoms with E-state index in [1.807, 2.05) is 6.92 Å². The highest BCUT2D eigenvalue weighted by Gasteiger charge is 2.18. The Labute approximate surface area is 145 Å². The molecule has 0 amide bonds. The third-order valence-corrected chi connectivity index (χ3v) is 5.47. The van der Waals surface area contributed by atoms with Gasteiger partial charge in [-0.3, -0.25) is 4.55 Å². The molecule has 1 N–H and O–H groups in total. The number of hydrogen-bond acceptors (Lipinski definition) is 2. The Morgan fingerprint density at radius 3 is 1.92 bits per heavy atom. The summed E-state index contributed by atoms with van der Waals surface area (Å²) in [5.74, 6) is 1.80. The second-order valence-corrected chi connectivity index (χ2v) is 8.08. The molecule has 1 aliphatic carbocycles. The maximum absolute atomic E-state index is 10.5. The molecule has 0 spiro atoms. The van der Waals surface area contributed by atoms with E-state index in [-0.39, 0.29) is 4.90 Å². The zero-order valence-electron chi connectivity index (χ0n) is 14.4. The molecule has 24 heavy (non-hydrogen) atoms. The molecule has 0 unspecified atom stereocenters. The van der Waals surface area contributed by atoms with Gasteiger partial charge in [0.05, 0.1) is 4.90 Å². The smallest absolute Gasteiger partial charge is 0.282 e. The summed E-state index contributed by atoms with van der Waals surface area (Å²) in [6, 6.07) is 17.0. The van der Waals surface area contributed by atoms with Crippen LogP contribution in [0, 0.1) is 12.8 Å². The van der Waals surface area contributed by atoms with Crippen LogP contribution in [0.15, 0.2) is 59.5 Å². The molecule has 1 aliphatic rings. The van der Waals surface area contributed by atoms with Crippen LogP contribution in [-0.2, 0) is 10.1 Å². The molecule has 1 fully saturated rings. The molecule has 0 heterocycles. The van der Waals surface area contributed by atoms with Crippen LogP contribution in [0.1, 0.15) is 49.7 Å². The SMILES string of the molecule is C[C@H]1CC[C@H](c2ccccc2)CC1.Cc1ccc(S(=O)(=O)O)cc1. The predicted molar refractivity (Wildman–Crippen MR) is 97.8 cm³/mol. The van der Waals surface area contributed by atoms with Gasteiger partial charge in [-0.25, -0.2) is 0 Å². The van der Waals surface area contributed by atoms with Crippen LogP contribution in [0.5, 0.6) is 0 Å². The van der Waals surface area contributed by atoms with Gasteiger partial charge in [0, 0.05) is 0 Å². The molecule has 1 saturated carbocycles. The predicted octanol–water partition coefficient (Wildman–Crippen LogP) is 5.22. The van der Waals surface area contributed by atoms with Gasteiger partial charge >= 0.3 is 0 Å². The lowest BCUT2D eigenvalue weighted by molar-refractivity contribution is 0.348. The van der Waals surface area contributed by atoms with Crippen molar-refractivity contribution < 1.29 is 13.0 Å². The molecular weight excluding hydrogens is 320 g/mol. The normalized spacial score (nSPS) is 20.8.